The monoisotopic (exact) mass is 449 g/mol. The minimum Gasteiger partial charge on any atom is -0.325 e. The number of anilines is 2. The number of carbonyl (C=O) groups is 3. The summed E-state index contributed by atoms with van der Waals surface area (Å²) in [5, 5.41) is 16.2. The third-order valence-electron chi connectivity index (χ3n) is 4.40. The smallest absolute Gasteiger partial charge is 0.269 e. The first kappa shape index (κ1) is 22.7. The number of thioether (sulfide) groups is 1. The lowest BCUT2D eigenvalue weighted by Crippen LogP contribution is -2.14. The second-order valence-corrected chi connectivity index (χ2v) is 7.80. The van der Waals surface area contributed by atoms with E-state index in [9.17, 15) is 24.5 Å². The lowest BCUT2D eigenvalue weighted by Gasteiger charge is -2.08. The molecule has 3 aromatic rings. The molecule has 0 saturated carbocycles. The van der Waals surface area contributed by atoms with Gasteiger partial charge in [-0.05, 0) is 67.6 Å². The summed E-state index contributed by atoms with van der Waals surface area (Å²) < 4.78 is 0. The molecule has 0 heterocycles. The van der Waals surface area contributed by atoms with E-state index in [0.29, 0.717) is 22.5 Å². The molecule has 3 aromatic carbocycles. The number of non-ortho nitro benzene ring substituents is 1. The van der Waals surface area contributed by atoms with Gasteiger partial charge in [-0.15, -0.1) is 11.8 Å². The maximum atomic E-state index is 12.3. The van der Waals surface area contributed by atoms with E-state index in [1.54, 1.807) is 48.5 Å². The zero-order valence-electron chi connectivity index (χ0n) is 17.0. The highest BCUT2D eigenvalue weighted by molar-refractivity contribution is 8.00. The molecule has 0 aliphatic heterocycles. The third-order valence-corrected chi connectivity index (χ3v) is 5.41. The van der Waals surface area contributed by atoms with Crippen LogP contribution in [0.5, 0.6) is 0 Å². The lowest BCUT2D eigenvalue weighted by molar-refractivity contribution is -0.384. The first-order valence-corrected chi connectivity index (χ1v) is 10.5. The fourth-order valence-electron chi connectivity index (χ4n) is 2.71. The minimum atomic E-state index is -0.525. The molecule has 2 N–H and O–H groups in total. The number of carbonyl (C=O) groups excluding carboxylic acids is 3. The first-order valence-electron chi connectivity index (χ1n) is 9.51. The van der Waals surface area contributed by atoms with Crippen LogP contribution < -0.4 is 10.6 Å². The molecule has 0 fully saturated rings. The van der Waals surface area contributed by atoms with E-state index in [1.807, 2.05) is 0 Å². The zero-order valence-corrected chi connectivity index (χ0v) is 17.8. The van der Waals surface area contributed by atoms with Crippen LogP contribution in [0.1, 0.15) is 27.6 Å². The fraction of sp³-hybridized carbons (Fsp3) is 0.0870. The van der Waals surface area contributed by atoms with Crippen LogP contribution in [-0.2, 0) is 4.79 Å². The second kappa shape index (κ2) is 10.4. The summed E-state index contributed by atoms with van der Waals surface area (Å²) in [6.45, 7) is 1.48. The molecule has 0 bridgehead atoms. The Hall–Kier alpha value is -3.98. The van der Waals surface area contributed by atoms with E-state index < -0.39 is 4.92 Å². The highest BCUT2D eigenvalue weighted by Gasteiger charge is 2.10. The Labute approximate surface area is 188 Å². The quantitative estimate of drug-likeness (QED) is 0.221. The number of nitro benzene ring substituents is 1. The van der Waals surface area contributed by atoms with E-state index in [2.05, 4.69) is 10.6 Å². The van der Waals surface area contributed by atoms with Gasteiger partial charge in [0, 0.05) is 39.5 Å². The van der Waals surface area contributed by atoms with E-state index in [-0.39, 0.29) is 29.0 Å². The third kappa shape index (κ3) is 6.26. The number of nitrogens with one attached hydrogen (secondary N) is 2. The van der Waals surface area contributed by atoms with Crippen LogP contribution in [0.2, 0.25) is 0 Å². The van der Waals surface area contributed by atoms with Crippen molar-refractivity contribution in [1.82, 2.24) is 0 Å². The molecule has 0 unspecified atom stereocenters. The van der Waals surface area contributed by atoms with Gasteiger partial charge in [0.2, 0.25) is 5.91 Å². The van der Waals surface area contributed by atoms with Crippen molar-refractivity contribution < 1.29 is 19.3 Å². The number of hydrogen-bond acceptors (Lipinski definition) is 6. The molecule has 0 aliphatic carbocycles. The van der Waals surface area contributed by atoms with Gasteiger partial charge in [0.05, 0.1) is 10.7 Å². The summed E-state index contributed by atoms with van der Waals surface area (Å²) in [5.41, 5.74) is 1.98. The topological polar surface area (TPSA) is 118 Å². The number of ketones is 1. The molecule has 0 saturated heterocycles. The number of benzene rings is 3. The Kier molecular flexibility index (Phi) is 7.35. The SMILES string of the molecule is CC(=O)c1ccc(NC(=O)CSc2ccc(NC(=O)c3ccc([N+](=O)[O-])cc3)cc2)cc1. The van der Waals surface area contributed by atoms with Crippen molar-refractivity contribution in [3.8, 4) is 0 Å². The van der Waals surface area contributed by atoms with E-state index in [4.69, 9.17) is 0 Å². The summed E-state index contributed by atoms with van der Waals surface area (Å²) in [6.07, 6.45) is 0. The molecule has 32 heavy (non-hydrogen) atoms. The molecule has 8 nitrogen and oxygen atoms in total. The largest absolute Gasteiger partial charge is 0.325 e. The number of nitro groups is 1. The van der Waals surface area contributed by atoms with Crippen LogP contribution in [0.4, 0.5) is 17.1 Å². The number of Topliss-reactive ketones (excluding diaryl/α,β-unsaturated/α-hetero) is 1. The maximum Gasteiger partial charge on any atom is 0.269 e. The van der Waals surface area contributed by atoms with Gasteiger partial charge in [-0.1, -0.05) is 0 Å². The Morgan fingerprint density at radius 2 is 1.34 bits per heavy atom. The number of amides is 2. The highest BCUT2D eigenvalue weighted by Crippen LogP contribution is 2.21. The van der Waals surface area contributed by atoms with E-state index >= 15 is 0 Å². The summed E-state index contributed by atoms with van der Waals surface area (Å²) in [5.74, 6) is -0.398. The van der Waals surface area contributed by atoms with E-state index in [0.717, 1.165) is 4.90 Å². The summed E-state index contributed by atoms with van der Waals surface area (Å²) in [6, 6.07) is 19.0. The van der Waals surface area contributed by atoms with Gasteiger partial charge in [0.25, 0.3) is 11.6 Å². The molecule has 0 aliphatic rings. The van der Waals surface area contributed by atoms with Crippen molar-refractivity contribution in [2.45, 2.75) is 11.8 Å². The van der Waals surface area contributed by atoms with Crippen LogP contribution in [0, 0.1) is 10.1 Å². The molecule has 0 spiro atoms. The van der Waals surface area contributed by atoms with E-state index in [1.165, 1.54) is 43.0 Å². The van der Waals surface area contributed by atoms with Gasteiger partial charge < -0.3 is 10.6 Å². The van der Waals surface area contributed by atoms with Gasteiger partial charge in [0.15, 0.2) is 5.78 Å². The molecule has 2 amide bonds. The normalized spacial score (nSPS) is 10.3. The van der Waals surface area contributed by atoms with Crippen LogP contribution in [0.15, 0.2) is 77.7 Å². The molecule has 0 radical (unpaired) electrons. The van der Waals surface area contributed by atoms with Gasteiger partial charge in [0.1, 0.15) is 0 Å². The van der Waals surface area contributed by atoms with Crippen LogP contribution in [-0.4, -0.2) is 28.3 Å². The van der Waals surface area contributed by atoms with Gasteiger partial charge >= 0.3 is 0 Å². The number of rotatable bonds is 8. The Bertz CT molecular complexity index is 1140. The first-order chi connectivity index (χ1) is 15.3. The molecular formula is C23H19N3O5S. The van der Waals surface area contributed by atoms with Crippen LogP contribution in [0.25, 0.3) is 0 Å². The Balaban J connectivity index is 1.49. The average molecular weight is 449 g/mol. The molecule has 0 aromatic heterocycles. The predicted octanol–water partition coefficient (Wildman–Crippen LogP) is 4.78. The minimum absolute atomic E-state index is 0.0363. The van der Waals surface area contributed by atoms with Gasteiger partial charge in [-0.25, -0.2) is 0 Å². The van der Waals surface area contributed by atoms with Crippen LogP contribution >= 0.6 is 11.8 Å². The van der Waals surface area contributed by atoms with Crippen molar-refractivity contribution in [1.29, 1.82) is 0 Å². The lowest BCUT2D eigenvalue weighted by atomic mass is 10.1. The average Bonchev–Trinajstić information content (AvgIpc) is 2.79. The van der Waals surface area contributed by atoms with Gasteiger partial charge in [-0.2, -0.15) is 0 Å². The standard InChI is InChI=1S/C23H19N3O5S/c1-15(27)16-2-6-18(7-3-16)24-22(28)14-32-21-12-8-19(9-13-21)25-23(29)17-4-10-20(11-5-17)26(30)31/h2-13H,14H2,1H3,(H,24,28)(H,25,29). The Morgan fingerprint density at radius 1 is 0.812 bits per heavy atom. The van der Waals surface area contributed by atoms with Crippen molar-refractivity contribution in [2.24, 2.45) is 0 Å². The number of nitrogens with zero attached hydrogens (tertiary/aromatic N) is 1. The zero-order chi connectivity index (χ0) is 23.1. The van der Waals surface area contributed by atoms with Crippen molar-refractivity contribution >= 4 is 46.4 Å². The maximum absolute atomic E-state index is 12.3. The molecule has 162 valence electrons. The highest BCUT2D eigenvalue weighted by atomic mass is 32.2. The molecule has 9 heteroatoms. The predicted molar refractivity (Wildman–Crippen MR) is 123 cm³/mol. The molecule has 0 atom stereocenters. The van der Waals surface area contributed by atoms with Crippen molar-refractivity contribution in [3.05, 3.63) is 94.0 Å². The Morgan fingerprint density at radius 3 is 1.91 bits per heavy atom. The molecule has 3 rings (SSSR count). The van der Waals surface area contributed by atoms with Crippen molar-refractivity contribution in [3.63, 3.8) is 0 Å². The molecular weight excluding hydrogens is 430 g/mol. The number of hydrogen-bond donors (Lipinski definition) is 2. The van der Waals surface area contributed by atoms with Gasteiger partial charge in [-0.3, -0.25) is 24.5 Å². The fourth-order valence-corrected chi connectivity index (χ4v) is 3.40. The summed E-state index contributed by atoms with van der Waals surface area (Å²) in [7, 11) is 0. The summed E-state index contributed by atoms with van der Waals surface area (Å²) >= 11 is 1.34. The summed E-state index contributed by atoms with van der Waals surface area (Å²) in [4.78, 5) is 46.7. The van der Waals surface area contributed by atoms with Crippen LogP contribution in [0.3, 0.4) is 0 Å². The van der Waals surface area contributed by atoms with Crippen molar-refractivity contribution in [2.75, 3.05) is 16.4 Å². The second-order valence-electron chi connectivity index (χ2n) is 6.75.